The molecule has 1 aliphatic rings. The molecule has 0 saturated carbocycles. The van der Waals surface area contributed by atoms with Gasteiger partial charge in [0.1, 0.15) is 0 Å². The van der Waals surface area contributed by atoms with Crippen LogP contribution in [0.25, 0.3) is 0 Å². The topological polar surface area (TPSA) is 15.3 Å². The molecule has 1 aromatic heterocycles. The molecule has 0 aromatic carbocycles. The monoisotopic (exact) mass is 256 g/mol. The van der Waals surface area contributed by atoms with Crippen LogP contribution in [-0.4, -0.2) is 49.1 Å². The Kier molecular flexibility index (Phi) is 4.70. The van der Waals surface area contributed by atoms with Crippen LogP contribution in [0.3, 0.4) is 0 Å². The van der Waals surface area contributed by atoms with Crippen molar-refractivity contribution in [2.75, 3.05) is 32.1 Å². The number of nitrogens with zero attached hydrogens (tertiary/aromatic N) is 1. The molecule has 0 spiro atoms. The summed E-state index contributed by atoms with van der Waals surface area (Å²) >= 11 is 3.88. The molecule has 1 aliphatic heterocycles. The summed E-state index contributed by atoms with van der Waals surface area (Å²) in [6.07, 6.45) is 1.15. The van der Waals surface area contributed by atoms with Crippen molar-refractivity contribution >= 4 is 23.1 Å². The van der Waals surface area contributed by atoms with Crippen molar-refractivity contribution < 1.29 is 0 Å². The third kappa shape index (κ3) is 3.00. The summed E-state index contributed by atoms with van der Waals surface area (Å²) in [6, 6.07) is 3.49. The molecule has 1 fully saturated rings. The molecule has 0 bridgehead atoms. The van der Waals surface area contributed by atoms with Crippen molar-refractivity contribution in [3.05, 3.63) is 22.4 Å². The summed E-state index contributed by atoms with van der Waals surface area (Å²) in [5, 5.41) is 7.92. The largest absolute Gasteiger partial charge is 0.315 e. The molecule has 2 nitrogen and oxygen atoms in total. The van der Waals surface area contributed by atoms with Crippen LogP contribution in [0.15, 0.2) is 16.8 Å². The molecule has 90 valence electrons. The van der Waals surface area contributed by atoms with E-state index in [1.54, 1.807) is 11.3 Å². The van der Waals surface area contributed by atoms with Crippen molar-refractivity contribution in [3.63, 3.8) is 0 Å². The molecule has 4 heteroatoms. The van der Waals surface area contributed by atoms with E-state index in [2.05, 4.69) is 52.9 Å². The molecule has 0 amide bonds. The number of hydrogen-bond donors (Lipinski definition) is 1. The van der Waals surface area contributed by atoms with Gasteiger partial charge in [-0.15, -0.1) is 0 Å². The molecule has 2 unspecified atom stereocenters. The van der Waals surface area contributed by atoms with Crippen LogP contribution < -0.4 is 5.32 Å². The lowest BCUT2D eigenvalue weighted by Gasteiger charge is -2.37. The Hall–Kier alpha value is -0.0300. The Balaban J connectivity index is 1.98. The van der Waals surface area contributed by atoms with Gasteiger partial charge in [-0.2, -0.15) is 23.1 Å². The SMILES string of the molecule is CNC(Cc1ccsc1)C1CSCCN1C. The van der Waals surface area contributed by atoms with Crippen molar-refractivity contribution in [2.24, 2.45) is 0 Å². The first-order valence-corrected chi connectivity index (χ1v) is 7.87. The zero-order valence-corrected chi connectivity index (χ0v) is 11.6. The third-order valence-corrected chi connectivity index (χ3v) is 5.09. The van der Waals surface area contributed by atoms with Crippen molar-refractivity contribution in [1.82, 2.24) is 10.2 Å². The van der Waals surface area contributed by atoms with Gasteiger partial charge in [-0.1, -0.05) is 0 Å². The molecule has 16 heavy (non-hydrogen) atoms. The summed E-state index contributed by atoms with van der Waals surface area (Å²) in [5.41, 5.74) is 1.47. The van der Waals surface area contributed by atoms with E-state index in [1.807, 2.05) is 0 Å². The minimum Gasteiger partial charge on any atom is -0.315 e. The standard InChI is InChI=1S/C12H20N2S2/c1-13-11(7-10-3-5-15-8-10)12-9-16-6-4-14(12)2/h3,5,8,11-13H,4,6-7,9H2,1-2H3. The molecule has 0 aliphatic carbocycles. The van der Waals surface area contributed by atoms with Crippen LogP contribution in [0.4, 0.5) is 0 Å². The average Bonchev–Trinajstić information content (AvgIpc) is 2.80. The van der Waals surface area contributed by atoms with E-state index >= 15 is 0 Å². The first-order chi connectivity index (χ1) is 7.81. The van der Waals surface area contributed by atoms with Crippen LogP contribution >= 0.6 is 23.1 Å². The van der Waals surface area contributed by atoms with Crippen LogP contribution in [0.1, 0.15) is 5.56 Å². The fraction of sp³-hybridized carbons (Fsp3) is 0.667. The minimum atomic E-state index is 0.576. The maximum atomic E-state index is 3.49. The van der Waals surface area contributed by atoms with Crippen molar-refractivity contribution in [2.45, 2.75) is 18.5 Å². The summed E-state index contributed by atoms with van der Waals surface area (Å²) in [5.74, 6) is 2.54. The zero-order valence-electron chi connectivity index (χ0n) is 9.98. The Morgan fingerprint density at radius 2 is 2.50 bits per heavy atom. The summed E-state index contributed by atoms with van der Waals surface area (Å²) in [7, 11) is 4.34. The van der Waals surface area contributed by atoms with Crippen LogP contribution in [0.5, 0.6) is 0 Å². The molecular weight excluding hydrogens is 236 g/mol. The first-order valence-electron chi connectivity index (χ1n) is 5.77. The van der Waals surface area contributed by atoms with E-state index in [-0.39, 0.29) is 0 Å². The maximum absolute atomic E-state index is 3.49. The molecular formula is C12H20N2S2. The van der Waals surface area contributed by atoms with E-state index < -0.39 is 0 Å². The maximum Gasteiger partial charge on any atom is 0.0340 e. The first kappa shape index (κ1) is 12.4. The van der Waals surface area contributed by atoms with Gasteiger partial charge >= 0.3 is 0 Å². The van der Waals surface area contributed by atoms with Gasteiger partial charge in [0, 0.05) is 30.1 Å². The summed E-state index contributed by atoms with van der Waals surface area (Å²) < 4.78 is 0. The van der Waals surface area contributed by atoms with Gasteiger partial charge in [-0.3, -0.25) is 0 Å². The van der Waals surface area contributed by atoms with Gasteiger partial charge < -0.3 is 10.2 Å². The van der Waals surface area contributed by atoms with Gasteiger partial charge in [0.05, 0.1) is 0 Å². The van der Waals surface area contributed by atoms with Gasteiger partial charge in [-0.25, -0.2) is 0 Å². The highest BCUT2D eigenvalue weighted by atomic mass is 32.2. The summed E-state index contributed by atoms with van der Waals surface area (Å²) in [4.78, 5) is 2.50. The quantitative estimate of drug-likeness (QED) is 0.886. The van der Waals surface area contributed by atoms with Crippen molar-refractivity contribution in [1.29, 1.82) is 0 Å². The average molecular weight is 256 g/mol. The highest BCUT2D eigenvalue weighted by Gasteiger charge is 2.26. The predicted octanol–water partition coefficient (Wildman–Crippen LogP) is 1.93. The normalized spacial score (nSPS) is 24.5. The highest BCUT2D eigenvalue weighted by Crippen LogP contribution is 2.20. The molecule has 1 saturated heterocycles. The van der Waals surface area contributed by atoms with Gasteiger partial charge in [0.25, 0.3) is 0 Å². The summed E-state index contributed by atoms with van der Waals surface area (Å²) in [6.45, 7) is 1.22. The lowest BCUT2D eigenvalue weighted by atomic mass is 10.0. The van der Waals surface area contributed by atoms with E-state index in [0.29, 0.717) is 12.1 Å². The van der Waals surface area contributed by atoms with E-state index in [9.17, 15) is 0 Å². The Morgan fingerprint density at radius 3 is 3.12 bits per heavy atom. The number of likely N-dealkylation sites (N-methyl/N-ethyl adjacent to an activating group) is 2. The second kappa shape index (κ2) is 6.05. The molecule has 2 rings (SSSR count). The Bertz CT molecular complexity index is 300. The number of rotatable bonds is 4. The van der Waals surface area contributed by atoms with Crippen LogP contribution in [0, 0.1) is 0 Å². The zero-order chi connectivity index (χ0) is 11.4. The second-order valence-corrected chi connectivity index (χ2v) is 6.28. The highest BCUT2D eigenvalue weighted by molar-refractivity contribution is 7.99. The minimum absolute atomic E-state index is 0.576. The fourth-order valence-corrected chi connectivity index (χ4v) is 4.22. The lowest BCUT2D eigenvalue weighted by molar-refractivity contribution is 0.219. The smallest absolute Gasteiger partial charge is 0.0340 e. The lowest BCUT2D eigenvalue weighted by Crippen LogP contribution is -2.52. The molecule has 1 N–H and O–H groups in total. The predicted molar refractivity (Wildman–Crippen MR) is 74.6 cm³/mol. The van der Waals surface area contributed by atoms with E-state index in [4.69, 9.17) is 0 Å². The third-order valence-electron chi connectivity index (χ3n) is 3.31. The molecule has 0 radical (unpaired) electrons. The van der Waals surface area contributed by atoms with Crippen LogP contribution in [0.2, 0.25) is 0 Å². The fourth-order valence-electron chi connectivity index (χ4n) is 2.22. The molecule has 2 heterocycles. The second-order valence-electron chi connectivity index (χ2n) is 4.35. The number of thiophene rings is 1. The van der Waals surface area contributed by atoms with Crippen molar-refractivity contribution in [3.8, 4) is 0 Å². The number of thioether (sulfide) groups is 1. The van der Waals surface area contributed by atoms with E-state index in [0.717, 1.165) is 6.42 Å². The Labute approximate surface area is 106 Å². The number of nitrogens with one attached hydrogen (secondary N) is 1. The van der Waals surface area contributed by atoms with Gasteiger partial charge in [-0.05, 0) is 42.9 Å². The van der Waals surface area contributed by atoms with Crippen LogP contribution in [-0.2, 0) is 6.42 Å². The van der Waals surface area contributed by atoms with E-state index in [1.165, 1.54) is 23.6 Å². The number of hydrogen-bond acceptors (Lipinski definition) is 4. The van der Waals surface area contributed by atoms with Gasteiger partial charge in [0.15, 0.2) is 0 Å². The molecule has 1 aromatic rings. The Morgan fingerprint density at radius 1 is 1.62 bits per heavy atom. The molecule has 2 atom stereocenters. The van der Waals surface area contributed by atoms with Gasteiger partial charge in [0.2, 0.25) is 0 Å².